The van der Waals surface area contributed by atoms with Gasteiger partial charge in [-0.05, 0) is 85.0 Å². The number of carbonyl (C=O) groups excluding carboxylic acids is 2. The molecule has 0 bridgehead atoms. The van der Waals surface area contributed by atoms with E-state index in [1.165, 1.54) is 35.8 Å². The topological polar surface area (TPSA) is 103 Å². The summed E-state index contributed by atoms with van der Waals surface area (Å²) in [5.74, 6) is 0.821. The lowest BCUT2D eigenvalue weighted by Crippen LogP contribution is -2.23. The standard InChI is InChI=1S/C34H31N3O5S2/c1-19(31(38)37-32-27(33(39)42-4)26-18-13-20-7-5-6-8-25(20)30(26)44-32)43-34-35-28(21-9-14-23(40-2)15-10-21)29(36-34)22-11-16-24(41-3)17-12-22/h5-12,14-17,19H,13,18H2,1-4H3,(H,35,36)(H,37,38). The third-order valence-electron chi connectivity index (χ3n) is 7.62. The van der Waals surface area contributed by atoms with E-state index in [1.807, 2.05) is 67.6 Å². The van der Waals surface area contributed by atoms with Gasteiger partial charge in [0.2, 0.25) is 5.91 Å². The number of aromatic nitrogens is 2. The molecule has 1 amide bonds. The van der Waals surface area contributed by atoms with Gasteiger partial charge in [-0.3, -0.25) is 4.79 Å². The summed E-state index contributed by atoms with van der Waals surface area (Å²) in [6.45, 7) is 1.82. The Labute approximate surface area is 263 Å². The van der Waals surface area contributed by atoms with E-state index >= 15 is 0 Å². The third-order valence-corrected chi connectivity index (χ3v) is 9.79. The van der Waals surface area contributed by atoms with Crippen LogP contribution in [0.5, 0.6) is 11.5 Å². The number of amides is 1. The van der Waals surface area contributed by atoms with E-state index in [2.05, 4.69) is 22.4 Å². The van der Waals surface area contributed by atoms with Gasteiger partial charge in [0.05, 0.1) is 43.5 Å². The van der Waals surface area contributed by atoms with Crippen molar-refractivity contribution in [1.29, 1.82) is 0 Å². The number of rotatable bonds is 9. The van der Waals surface area contributed by atoms with E-state index in [1.54, 1.807) is 14.2 Å². The number of aromatic amines is 1. The quantitative estimate of drug-likeness (QED) is 0.129. The largest absolute Gasteiger partial charge is 0.497 e. The van der Waals surface area contributed by atoms with Gasteiger partial charge in [-0.2, -0.15) is 0 Å². The van der Waals surface area contributed by atoms with Gasteiger partial charge in [-0.25, -0.2) is 9.78 Å². The minimum absolute atomic E-state index is 0.236. The predicted molar refractivity (Wildman–Crippen MR) is 175 cm³/mol. The fraction of sp³-hybridized carbons (Fsp3) is 0.206. The van der Waals surface area contributed by atoms with Crippen LogP contribution in [0.4, 0.5) is 5.00 Å². The van der Waals surface area contributed by atoms with Crippen molar-refractivity contribution in [3.8, 4) is 44.5 Å². The van der Waals surface area contributed by atoms with E-state index in [9.17, 15) is 9.59 Å². The minimum atomic E-state index is -0.523. The van der Waals surface area contributed by atoms with Gasteiger partial charge in [-0.15, -0.1) is 11.3 Å². The number of methoxy groups -OCH3 is 3. The van der Waals surface area contributed by atoms with Gasteiger partial charge in [0.15, 0.2) is 5.16 Å². The van der Waals surface area contributed by atoms with E-state index in [0.717, 1.165) is 56.4 Å². The maximum Gasteiger partial charge on any atom is 0.341 e. The molecule has 0 fully saturated rings. The molecule has 0 radical (unpaired) electrons. The van der Waals surface area contributed by atoms with E-state index in [4.69, 9.17) is 19.2 Å². The Hall–Kier alpha value is -4.54. The van der Waals surface area contributed by atoms with Crippen LogP contribution in [-0.4, -0.2) is 48.4 Å². The average Bonchev–Trinajstić information content (AvgIpc) is 3.66. The second-order valence-corrected chi connectivity index (χ2v) is 12.6. The number of nitrogens with one attached hydrogen (secondary N) is 2. The van der Waals surface area contributed by atoms with Crippen molar-refractivity contribution in [1.82, 2.24) is 9.97 Å². The van der Waals surface area contributed by atoms with Crippen LogP contribution in [0.1, 0.15) is 28.4 Å². The summed E-state index contributed by atoms with van der Waals surface area (Å²) in [6, 6.07) is 23.6. The lowest BCUT2D eigenvalue weighted by molar-refractivity contribution is -0.115. The molecule has 0 saturated carbocycles. The second-order valence-electron chi connectivity index (χ2n) is 10.2. The number of thioether (sulfide) groups is 1. The van der Waals surface area contributed by atoms with Crippen molar-refractivity contribution in [2.75, 3.05) is 26.6 Å². The number of thiophene rings is 1. The first-order valence-electron chi connectivity index (χ1n) is 14.1. The molecule has 10 heteroatoms. The fourth-order valence-corrected chi connectivity index (χ4v) is 7.42. The van der Waals surface area contributed by atoms with Crippen LogP contribution in [0.25, 0.3) is 33.0 Å². The molecule has 2 aromatic heterocycles. The Morgan fingerprint density at radius 2 is 1.57 bits per heavy atom. The fourth-order valence-electron chi connectivity index (χ4n) is 5.31. The van der Waals surface area contributed by atoms with E-state index < -0.39 is 11.2 Å². The molecule has 3 aromatic carbocycles. The number of esters is 1. The monoisotopic (exact) mass is 625 g/mol. The highest BCUT2D eigenvalue weighted by molar-refractivity contribution is 8.00. The van der Waals surface area contributed by atoms with Crippen LogP contribution in [0, 0.1) is 0 Å². The lowest BCUT2D eigenvalue weighted by Gasteiger charge is -2.16. The van der Waals surface area contributed by atoms with E-state index in [-0.39, 0.29) is 5.91 Å². The number of aryl methyl sites for hydroxylation is 1. The molecule has 6 rings (SSSR count). The molecule has 1 atom stereocenters. The number of imidazole rings is 1. The smallest absolute Gasteiger partial charge is 0.341 e. The maximum atomic E-state index is 13.6. The Morgan fingerprint density at radius 1 is 0.909 bits per heavy atom. The molecule has 5 aromatic rings. The normalized spacial score (nSPS) is 12.5. The van der Waals surface area contributed by atoms with Gasteiger partial charge in [0.1, 0.15) is 16.5 Å². The number of carbonyl (C=O) groups is 2. The number of fused-ring (bicyclic) bond motifs is 3. The molecule has 2 heterocycles. The molecule has 224 valence electrons. The highest BCUT2D eigenvalue weighted by Crippen LogP contribution is 2.45. The summed E-state index contributed by atoms with van der Waals surface area (Å²) < 4.78 is 15.8. The first-order chi connectivity index (χ1) is 21.4. The van der Waals surface area contributed by atoms with Crippen molar-refractivity contribution in [2.45, 2.75) is 30.2 Å². The van der Waals surface area contributed by atoms with Gasteiger partial charge < -0.3 is 24.5 Å². The van der Waals surface area contributed by atoms with E-state index in [0.29, 0.717) is 22.1 Å². The number of hydrogen-bond acceptors (Lipinski definition) is 8. The zero-order valence-electron chi connectivity index (χ0n) is 24.7. The summed E-state index contributed by atoms with van der Waals surface area (Å²) in [5.41, 5.74) is 7.11. The molecule has 8 nitrogen and oxygen atoms in total. The highest BCUT2D eigenvalue weighted by atomic mass is 32.2. The Morgan fingerprint density at radius 3 is 2.23 bits per heavy atom. The molecule has 0 aliphatic heterocycles. The van der Waals surface area contributed by atoms with Crippen LogP contribution in [0.2, 0.25) is 0 Å². The number of benzene rings is 3. The Balaban J connectivity index is 1.28. The van der Waals surface area contributed by atoms with Gasteiger partial charge in [-0.1, -0.05) is 36.0 Å². The molecule has 1 aliphatic carbocycles. The molecule has 0 saturated heterocycles. The van der Waals surface area contributed by atoms with Crippen molar-refractivity contribution in [3.63, 3.8) is 0 Å². The van der Waals surface area contributed by atoms with Crippen molar-refractivity contribution in [2.24, 2.45) is 0 Å². The SMILES string of the molecule is COC(=O)c1c(NC(=O)C(C)Sc2nc(-c3ccc(OC)cc3)c(-c3ccc(OC)cc3)[nH]2)sc2c1CCc1ccccc1-2. The summed E-state index contributed by atoms with van der Waals surface area (Å²) >= 11 is 2.74. The van der Waals surface area contributed by atoms with Crippen molar-refractivity contribution < 1.29 is 23.8 Å². The summed E-state index contributed by atoms with van der Waals surface area (Å²) in [6.07, 6.45) is 1.54. The molecule has 0 spiro atoms. The minimum Gasteiger partial charge on any atom is -0.497 e. The zero-order chi connectivity index (χ0) is 30.8. The third kappa shape index (κ3) is 5.70. The zero-order valence-corrected chi connectivity index (χ0v) is 26.4. The van der Waals surface area contributed by atoms with Crippen LogP contribution >= 0.6 is 23.1 Å². The first-order valence-corrected chi connectivity index (χ1v) is 15.8. The van der Waals surface area contributed by atoms with Gasteiger partial charge in [0.25, 0.3) is 0 Å². The van der Waals surface area contributed by atoms with Crippen LogP contribution in [0.15, 0.2) is 78.0 Å². The van der Waals surface area contributed by atoms with Crippen molar-refractivity contribution in [3.05, 3.63) is 89.5 Å². The number of ether oxygens (including phenoxy) is 3. The second kappa shape index (κ2) is 12.6. The maximum absolute atomic E-state index is 13.6. The number of hydrogen-bond donors (Lipinski definition) is 2. The summed E-state index contributed by atoms with van der Waals surface area (Å²) in [4.78, 5) is 35.8. The molecule has 1 unspecified atom stereocenters. The molecule has 2 N–H and O–H groups in total. The Kier molecular flexibility index (Phi) is 8.45. The molecular weight excluding hydrogens is 595 g/mol. The number of H-pyrrole nitrogens is 1. The summed E-state index contributed by atoms with van der Waals surface area (Å²) in [5, 5.41) is 3.61. The highest BCUT2D eigenvalue weighted by Gasteiger charge is 2.30. The molecular formula is C34H31N3O5S2. The number of nitrogens with zero attached hydrogens (tertiary/aromatic N) is 1. The van der Waals surface area contributed by atoms with Crippen LogP contribution in [0.3, 0.4) is 0 Å². The van der Waals surface area contributed by atoms with Gasteiger partial charge in [0, 0.05) is 16.0 Å². The van der Waals surface area contributed by atoms with Gasteiger partial charge >= 0.3 is 5.97 Å². The van der Waals surface area contributed by atoms with Crippen LogP contribution < -0.4 is 14.8 Å². The number of anilines is 1. The van der Waals surface area contributed by atoms with Crippen molar-refractivity contribution >= 4 is 40.0 Å². The lowest BCUT2D eigenvalue weighted by atomic mass is 9.89. The Bertz CT molecular complexity index is 1760. The van der Waals surface area contributed by atoms with Crippen LogP contribution in [-0.2, 0) is 22.4 Å². The molecule has 1 aliphatic rings. The summed E-state index contributed by atoms with van der Waals surface area (Å²) in [7, 11) is 4.63. The average molecular weight is 626 g/mol. The molecule has 44 heavy (non-hydrogen) atoms. The predicted octanol–water partition coefficient (Wildman–Crippen LogP) is 7.49. The first kappa shape index (κ1) is 29.5.